The van der Waals surface area contributed by atoms with Gasteiger partial charge in [-0.2, -0.15) is 0 Å². The van der Waals surface area contributed by atoms with Crippen LogP contribution in [0.3, 0.4) is 0 Å². The van der Waals surface area contributed by atoms with E-state index in [1.807, 2.05) is 0 Å². The standard InChI is InChI=1S/C11H8FN3O4/c12-5-1-2-6-7(3-5)15(10(18)9(6)17)4-8(16)14-11(13)19/h1-3H,4H2,(H3,13,14,16,19). The number of benzene rings is 1. The van der Waals surface area contributed by atoms with Gasteiger partial charge in [0, 0.05) is 0 Å². The second-order valence-corrected chi connectivity index (χ2v) is 3.79. The van der Waals surface area contributed by atoms with Gasteiger partial charge in [0.15, 0.2) is 0 Å². The summed E-state index contributed by atoms with van der Waals surface area (Å²) < 4.78 is 13.1. The molecule has 1 heterocycles. The molecule has 19 heavy (non-hydrogen) atoms. The van der Waals surface area contributed by atoms with E-state index in [1.165, 1.54) is 0 Å². The lowest BCUT2D eigenvalue weighted by Gasteiger charge is -2.15. The van der Waals surface area contributed by atoms with Crippen LogP contribution >= 0.6 is 0 Å². The number of ketones is 1. The van der Waals surface area contributed by atoms with E-state index in [4.69, 9.17) is 5.73 Å². The molecular weight excluding hydrogens is 257 g/mol. The van der Waals surface area contributed by atoms with Crippen LogP contribution in [0.25, 0.3) is 0 Å². The Morgan fingerprint density at radius 2 is 2.00 bits per heavy atom. The number of carbonyl (C=O) groups is 4. The molecule has 0 radical (unpaired) electrons. The van der Waals surface area contributed by atoms with Crippen molar-refractivity contribution in [2.75, 3.05) is 11.4 Å². The molecule has 0 fully saturated rings. The lowest BCUT2D eigenvalue weighted by atomic mass is 10.1. The van der Waals surface area contributed by atoms with Crippen molar-refractivity contribution in [2.24, 2.45) is 5.73 Å². The molecule has 0 bridgehead atoms. The smallest absolute Gasteiger partial charge is 0.318 e. The Hall–Kier alpha value is -2.77. The number of nitrogens with one attached hydrogen (secondary N) is 1. The summed E-state index contributed by atoms with van der Waals surface area (Å²) in [6.45, 7) is -0.593. The Morgan fingerprint density at radius 3 is 2.63 bits per heavy atom. The van der Waals surface area contributed by atoms with Crippen molar-refractivity contribution in [1.29, 1.82) is 0 Å². The largest absolute Gasteiger partial charge is 0.351 e. The summed E-state index contributed by atoms with van der Waals surface area (Å²) in [6.07, 6.45) is 0. The van der Waals surface area contributed by atoms with Crippen molar-refractivity contribution >= 4 is 29.3 Å². The third-order valence-corrected chi connectivity index (χ3v) is 2.50. The molecule has 3 N–H and O–H groups in total. The molecule has 2 rings (SSSR count). The summed E-state index contributed by atoms with van der Waals surface area (Å²) in [7, 11) is 0. The number of rotatable bonds is 2. The lowest BCUT2D eigenvalue weighted by molar-refractivity contribution is -0.121. The van der Waals surface area contributed by atoms with Gasteiger partial charge >= 0.3 is 6.03 Å². The van der Waals surface area contributed by atoms with Crippen LogP contribution < -0.4 is 16.0 Å². The van der Waals surface area contributed by atoms with Gasteiger partial charge in [-0.3, -0.25) is 24.6 Å². The minimum atomic E-state index is -1.08. The van der Waals surface area contributed by atoms with Crippen molar-refractivity contribution in [3.05, 3.63) is 29.6 Å². The van der Waals surface area contributed by atoms with Crippen LogP contribution in [0.2, 0.25) is 0 Å². The molecule has 0 unspecified atom stereocenters. The van der Waals surface area contributed by atoms with Crippen LogP contribution in [0.4, 0.5) is 14.9 Å². The zero-order valence-electron chi connectivity index (χ0n) is 9.47. The predicted molar refractivity (Wildman–Crippen MR) is 60.8 cm³/mol. The Morgan fingerprint density at radius 1 is 1.32 bits per heavy atom. The second kappa shape index (κ2) is 4.48. The minimum Gasteiger partial charge on any atom is -0.351 e. The van der Waals surface area contributed by atoms with E-state index in [9.17, 15) is 23.6 Å². The fourth-order valence-electron chi connectivity index (χ4n) is 1.74. The monoisotopic (exact) mass is 265 g/mol. The highest BCUT2D eigenvalue weighted by Crippen LogP contribution is 2.29. The molecule has 1 aliphatic rings. The number of primary amides is 1. The van der Waals surface area contributed by atoms with Gasteiger partial charge in [-0.05, 0) is 18.2 Å². The first-order chi connectivity index (χ1) is 8.90. The Balaban J connectivity index is 2.30. The highest BCUT2D eigenvalue weighted by atomic mass is 19.1. The van der Waals surface area contributed by atoms with E-state index in [2.05, 4.69) is 0 Å². The molecule has 4 amide bonds. The summed E-state index contributed by atoms with van der Waals surface area (Å²) in [4.78, 5) is 45.9. The van der Waals surface area contributed by atoms with Crippen molar-refractivity contribution in [3.63, 3.8) is 0 Å². The number of nitrogens with zero attached hydrogens (tertiary/aromatic N) is 1. The molecule has 0 aromatic heterocycles. The van der Waals surface area contributed by atoms with Crippen LogP contribution in [-0.2, 0) is 9.59 Å². The number of Topliss-reactive ketones (excluding diaryl/α,β-unsaturated/α-hetero) is 1. The minimum absolute atomic E-state index is 0.00498. The van der Waals surface area contributed by atoms with Crippen LogP contribution in [0.1, 0.15) is 10.4 Å². The average Bonchev–Trinajstić information content (AvgIpc) is 2.53. The molecule has 1 aliphatic heterocycles. The third kappa shape index (κ3) is 2.28. The van der Waals surface area contributed by atoms with Gasteiger partial charge in [0.2, 0.25) is 5.91 Å². The third-order valence-electron chi connectivity index (χ3n) is 2.50. The summed E-state index contributed by atoms with van der Waals surface area (Å²) >= 11 is 0. The average molecular weight is 265 g/mol. The fraction of sp³-hybridized carbons (Fsp3) is 0.0909. The van der Waals surface area contributed by atoms with Gasteiger partial charge in [-0.15, -0.1) is 0 Å². The van der Waals surface area contributed by atoms with E-state index in [0.717, 1.165) is 23.1 Å². The van der Waals surface area contributed by atoms with E-state index in [1.54, 1.807) is 5.32 Å². The lowest BCUT2D eigenvalue weighted by Crippen LogP contribution is -2.44. The van der Waals surface area contributed by atoms with Crippen molar-refractivity contribution < 1.29 is 23.6 Å². The summed E-state index contributed by atoms with van der Waals surface area (Å²) in [5, 5.41) is 1.75. The number of urea groups is 1. The maximum Gasteiger partial charge on any atom is 0.318 e. The molecule has 8 heteroatoms. The van der Waals surface area contributed by atoms with E-state index in [0.29, 0.717) is 0 Å². The van der Waals surface area contributed by atoms with Crippen molar-refractivity contribution in [3.8, 4) is 0 Å². The number of fused-ring (bicyclic) bond motifs is 1. The molecule has 0 spiro atoms. The van der Waals surface area contributed by atoms with Crippen molar-refractivity contribution in [1.82, 2.24) is 5.32 Å². The second-order valence-electron chi connectivity index (χ2n) is 3.79. The number of anilines is 1. The van der Waals surface area contributed by atoms with Crippen LogP contribution in [0.5, 0.6) is 0 Å². The SMILES string of the molecule is NC(=O)NC(=O)CN1C(=O)C(=O)c2ccc(F)cc21. The van der Waals surface area contributed by atoms with Gasteiger partial charge in [0.25, 0.3) is 11.7 Å². The van der Waals surface area contributed by atoms with Crippen LogP contribution in [-0.4, -0.2) is 30.2 Å². The quantitative estimate of drug-likeness (QED) is 0.705. The molecular formula is C11H8FN3O4. The summed E-state index contributed by atoms with van der Waals surface area (Å²) in [5.74, 6) is -3.31. The zero-order chi connectivity index (χ0) is 14.2. The number of imide groups is 1. The Bertz CT molecular complexity index is 614. The number of nitrogens with two attached hydrogens (primary N) is 1. The number of hydrogen-bond acceptors (Lipinski definition) is 4. The van der Waals surface area contributed by atoms with Gasteiger partial charge in [-0.1, -0.05) is 0 Å². The zero-order valence-corrected chi connectivity index (χ0v) is 9.47. The van der Waals surface area contributed by atoms with Crippen LogP contribution in [0.15, 0.2) is 18.2 Å². The van der Waals surface area contributed by atoms with Gasteiger partial charge in [0.1, 0.15) is 12.4 Å². The molecule has 1 aromatic rings. The molecule has 7 nitrogen and oxygen atoms in total. The number of hydrogen-bond donors (Lipinski definition) is 2. The first kappa shape index (κ1) is 12.7. The molecule has 1 aromatic carbocycles. The van der Waals surface area contributed by atoms with E-state index >= 15 is 0 Å². The Labute approximate surface area is 106 Å². The molecule has 0 saturated heterocycles. The fourth-order valence-corrected chi connectivity index (χ4v) is 1.74. The van der Waals surface area contributed by atoms with Gasteiger partial charge in [0.05, 0.1) is 11.3 Å². The maximum absolute atomic E-state index is 13.1. The molecule has 0 saturated carbocycles. The highest BCUT2D eigenvalue weighted by Gasteiger charge is 2.37. The molecule has 0 aliphatic carbocycles. The number of amides is 4. The Kier molecular flexibility index (Phi) is 2.99. The normalized spacial score (nSPS) is 13.4. The van der Waals surface area contributed by atoms with Crippen molar-refractivity contribution in [2.45, 2.75) is 0 Å². The number of carbonyl (C=O) groups excluding carboxylic acids is 4. The maximum atomic E-state index is 13.1. The van der Waals surface area contributed by atoms with Gasteiger partial charge < -0.3 is 5.73 Å². The molecule has 98 valence electrons. The van der Waals surface area contributed by atoms with Gasteiger partial charge in [-0.25, -0.2) is 9.18 Å². The first-order valence-corrected chi connectivity index (χ1v) is 5.15. The first-order valence-electron chi connectivity index (χ1n) is 5.15. The van der Waals surface area contributed by atoms with E-state index in [-0.39, 0.29) is 11.3 Å². The summed E-state index contributed by atoms with van der Waals surface area (Å²) in [6, 6.07) is 2.09. The molecule has 0 atom stereocenters. The topological polar surface area (TPSA) is 110 Å². The predicted octanol–water partition coefficient (Wildman–Crippen LogP) is -0.450. The number of halogens is 1. The van der Waals surface area contributed by atoms with E-state index < -0.39 is 36.0 Å². The highest BCUT2D eigenvalue weighted by molar-refractivity contribution is 6.52. The summed E-state index contributed by atoms with van der Waals surface area (Å²) in [5.41, 5.74) is 4.75. The van der Waals surface area contributed by atoms with Crippen LogP contribution in [0, 0.1) is 5.82 Å².